The number of nitrogens with one attached hydrogen (secondary N) is 1. The van der Waals surface area contributed by atoms with Crippen molar-refractivity contribution in [3.8, 4) is 16.3 Å². The molecule has 162 valence electrons. The average molecular weight is 450 g/mol. The van der Waals surface area contributed by atoms with Gasteiger partial charge in [0.15, 0.2) is 0 Å². The number of nitrogens with zero attached hydrogens (tertiary/aromatic N) is 1. The van der Waals surface area contributed by atoms with Crippen molar-refractivity contribution in [1.29, 1.82) is 0 Å². The van der Waals surface area contributed by atoms with Crippen LogP contribution in [0.15, 0.2) is 47.8 Å². The largest absolute Gasteiger partial charge is 0.497 e. The molecule has 0 bridgehead atoms. The Morgan fingerprint density at radius 2 is 1.81 bits per heavy atom. The van der Waals surface area contributed by atoms with Gasteiger partial charge in [-0.05, 0) is 30.3 Å². The van der Waals surface area contributed by atoms with E-state index >= 15 is 0 Å². The maximum absolute atomic E-state index is 12.7. The molecule has 0 aliphatic rings. The van der Waals surface area contributed by atoms with Crippen LogP contribution < -0.4 is 10.1 Å². The molecule has 1 aromatic heterocycles. The minimum absolute atomic E-state index is 0.0796. The van der Waals surface area contributed by atoms with Gasteiger partial charge >= 0.3 is 12.1 Å². The smallest absolute Gasteiger partial charge is 0.416 e. The molecule has 0 unspecified atom stereocenters. The zero-order valence-corrected chi connectivity index (χ0v) is 17.3. The standard InChI is InChI=1S/C21H17F3N2O4S/c1-29-15-7-8-17(16(10-15)20(28)30-2)26-18(27)9-14-11-31-19(25-14)12-3-5-13(6-4-12)21(22,23)24/h3-8,10-11H,9H2,1-2H3,(H,26,27). The van der Waals surface area contributed by atoms with Gasteiger partial charge in [0.2, 0.25) is 5.91 Å². The number of alkyl halides is 3. The Balaban J connectivity index is 1.71. The maximum Gasteiger partial charge on any atom is 0.416 e. The van der Waals surface area contributed by atoms with Gasteiger partial charge in [-0.2, -0.15) is 13.2 Å². The number of esters is 1. The summed E-state index contributed by atoms with van der Waals surface area (Å²) in [5.41, 5.74) is 0.626. The Hall–Kier alpha value is -3.40. The van der Waals surface area contributed by atoms with E-state index in [4.69, 9.17) is 9.47 Å². The van der Waals surface area contributed by atoms with Crippen LogP contribution >= 0.6 is 11.3 Å². The monoisotopic (exact) mass is 450 g/mol. The zero-order valence-electron chi connectivity index (χ0n) is 16.4. The molecule has 0 aliphatic heterocycles. The average Bonchev–Trinajstić information content (AvgIpc) is 3.21. The van der Waals surface area contributed by atoms with Gasteiger partial charge in [0.25, 0.3) is 0 Å². The number of anilines is 1. The fraction of sp³-hybridized carbons (Fsp3) is 0.190. The Morgan fingerprint density at radius 3 is 2.42 bits per heavy atom. The minimum Gasteiger partial charge on any atom is -0.497 e. The van der Waals surface area contributed by atoms with Crippen molar-refractivity contribution >= 4 is 28.9 Å². The van der Waals surface area contributed by atoms with E-state index in [0.717, 1.165) is 12.1 Å². The van der Waals surface area contributed by atoms with Gasteiger partial charge in [0.1, 0.15) is 10.8 Å². The number of carbonyl (C=O) groups is 2. The molecule has 2 aromatic carbocycles. The number of halogens is 3. The third-order valence-electron chi connectivity index (χ3n) is 4.26. The molecule has 1 heterocycles. The number of carbonyl (C=O) groups excluding carboxylic acids is 2. The molecule has 1 N–H and O–H groups in total. The summed E-state index contributed by atoms with van der Waals surface area (Å²) in [6.07, 6.45) is -4.49. The van der Waals surface area contributed by atoms with Crippen LogP contribution in [0, 0.1) is 0 Å². The first-order valence-electron chi connectivity index (χ1n) is 8.89. The van der Waals surface area contributed by atoms with Crippen molar-refractivity contribution in [2.75, 3.05) is 19.5 Å². The summed E-state index contributed by atoms with van der Waals surface area (Å²) in [6, 6.07) is 9.22. The summed E-state index contributed by atoms with van der Waals surface area (Å²) >= 11 is 1.22. The molecule has 0 aliphatic carbocycles. The van der Waals surface area contributed by atoms with Crippen LogP contribution in [0.4, 0.5) is 18.9 Å². The summed E-state index contributed by atoms with van der Waals surface area (Å²) in [7, 11) is 2.68. The molecule has 3 aromatic rings. The molecule has 0 atom stereocenters. The van der Waals surface area contributed by atoms with Crippen LogP contribution in [0.5, 0.6) is 5.75 Å². The lowest BCUT2D eigenvalue weighted by molar-refractivity contribution is -0.137. The van der Waals surface area contributed by atoms with Crippen molar-refractivity contribution < 1.29 is 32.2 Å². The number of rotatable bonds is 6. The summed E-state index contributed by atoms with van der Waals surface area (Å²) < 4.78 is 47.9. The number of methoxy groups -OCH3 is 2. The van der Waals surface area contributed by atoms with Crippen molar-refractivity contribution in [2.45, 2.75) is 12.6 Å². The molecule has 31 heavy (non-hydrogen) atoms. The lowest BCUT2D eigenvalue weighted by Crippen LogP contribution is -2.17. The topological polar surface area (TPSA) is 77.5 Å². The van der Waals surface area contributed by atoms with Crippen molar-refractivity contribution in [3.63, 3.8) is 0 Å². The van der Waals surface area contributed by atoms with E-state index in [1.54, 1.807) is 11.4 Å². The van der Waals surface area contributed by atoms with E-state index < -0.39 is 23.6 Å². The molecule has 0 saturated carbocycles. The van der Waals surface area contributed by atoms with E-state index in [2.05, 4.69) is 10.3 Å². The van der Waals surface area contributed by atoms with Gasteiger partial charge in [-0.3, -0.25) is 4.79 Å². The van der Waals surface area contributed by atoms with Gasteiger partial charge in [0, 0.05) is 10.9 Å². The molecular weight excluding hydrogens is 433 g/mol. The van der Waals surface area contributed by atoms with E-state index in [9.17, 15) is 22.8 Å². The number of amides is 1. The summed E-state index contributed by atoms with van der Waals surface area (Å²) in [5, 5.41) is 4.79. The van der Waals surface area contributed by atoms with Gasteiger partial charge in [-0.15, -0.1) is 11.3 Å². The molecule has 3 rings (SSSR count). The van der Waals surface area contributed by atoms with Gasteiger partial charge in [-0.1, -0.05) is 12.1 Å². The van der Waals surface area contributed by atoms with Crippen LogP contribution in [0.3, 0.4) is 0 Å². The number of aromatic nitrogens is 1. The third kappa shape index (κ3) is 5.40. The number of hydrogen-bond acceptors (Lipinski definition) is 6. The molecule has 6 nitrogen and oxygen atoms in total. The minimum atomic E-state index is -4.41. The van der Waals surface area contributed by atoms with Crippen LogP contribution in [0.2, 0.25) is 0 Å². The number of ether oxygens (including phenoxy) is 2. The Kier molecular flexibility index (Phi) is 6.59. The fourth-order valence-electron chi connectivity index (χ4n) is 2.72. The predicted octanol–water partition coefficient (Wildman–Crippen LogP) is 4.81. The first-order valence-corrected chi connectivity index (χ1v) is 9.77. The Labute approximate surface area is 179 Å². The second kappa shape index (κ2) is 9.17. The fourth-order valence-corrected chi connectivity index (χ4v) is 3.55. The first-order chi connectivity index (χ1) is 14.7. The summed E-state index contributed by atoms with van der Waals surface area (Å²) in [6.45, 7) is 0. The van der Waals surface area contributed by atoms with Crippen molar-refractivity contribution in [3.05, 3.63) is 64.7 Å². The van der Waals surface area contributed by atoms with E-state index in [0.29, 0.717) is 22.0 Å². The SMILES string of the molecule is COC(=O)c1cc(OC)ccc1NC(=O)Cc1csc(-c2ccc(C(F)(F)F)cc2)n1. The van der Waals surface area contributed by atoms with Gasteiger partial charge < -0.3 is 14.8 Å². The van der Waals surface area contributed by atoms with Gasteiger partial charge in [0.05, 0.1) is 43.1 Å². The number of benzene rings is 2. The highest BCUT2D eigenvalue weighted by Crippen LogP contribution is 2.32. The van der Waals surface area contributed by atoms with Crippen LogP contribution in [0.25, 0.3) is 10.6 Å². The lowest BCUT2D eigenvalue weighted by atomic mass is 10.1. The quantitative estimate of drug-likeness (QED) is 0.546. The lowest BCUT2D eigenvalue weighted by Gasteiger charge is -2.11. The Morgan fingerprint density at radius 1 is 1.10 bits per heavy atom. The third-order valence-corrected chi connectivity index (χ3v) is 5.20. The molecule has 10 heteroatoms. The molecular formula is C21H17F3N2O4S. The second-order valence-electron chi connectivity index (χ2n) is 6.35. The predicted molar refractivity (Wildman–Crippen MR) is 109 cm³/mol. The normalized spacial score (nSPS) is 11.1. The highest BCUT2D eigenvalue weighted by Gasteiger charge is 2.30. The summed E-state index contributed by atoms with van der Waals surface area (Å²) in [4.78, 5) is 28.7. The maximum atomic E-state index is 12.7. The zero-order chi connectivity index (χ0) is 22.6. The summed E-state index contributed by atoms with van der Waals surface area (Å²) in [5.74, 6) is -0.619. The number of thiazole rings is 1. The van der Waals surface area contributed by atoms with E-state index in [1.165, 1.54) is 49.8 Å². The molecule has 0 saturated heterocycles. The van der Waals surface area contributed by atoms with Crippen molar-refractivity contribution in [1.82, 2.24) is 4.98 Å². The molecule has 0 fully saturated rings. The van der Waals surface area contributed by atoms with Crippen LogP contribution in [0.1, 0.15) is 21.6 Å². The Bertz CT molecular complexity index is 1090. The molecule has 0 spiro atoms. The number of hydrogen-bond donors (Lipinski definition) is 1. The molecule has 0 radical (unpaired) electrons. The van der Waals surface area contributed by atoms with Crippen molar-refractivity contribution in [2.24, 2.45) is 0 Å². The van der Waals surface area contributed by atoms with Gasteiger partial charge in [-0.25, -0.2) is 9.78 Å². The van der Waals surface area contributed by atoms with E-state index in [-0.39, 0.29) is 17.7 Å². The molecule has 1 amide bonds. The van der Waals surface area contributed by atoms with Crippen LogP contribution in [-0.2, 0) is 22.1 Å². The second-order valence-corrected chi connectivity index (χ2v) is 7.21. The van der Waals surface area contributed by atoms with Crippen LogP contribution in [-0.4, -0.2) is 31.1 Å². The van der Waals surface area contributed by atoms with E-state index in [1.807, 2.05) is 0 Å². The first kappa shape index (κ1) is 22.3. The highest BCUT2D eigenvalue weighted by molar-refractivity contribution is 7.13. The highest BCUT2D eigenvalue weighted by atomic mass is 32.1.